The molecule has 0 saturated heterocycles. The van der Waals surface area contributed by atoms with Gasteiger partial charge in [0.15, 0.2) is 5.78 Å². The Labute approximate surface area is 162 Å². The molecule has 136 valence electrons. The van der Waals surface area contributed by atoms with Gasteiger partial charge in [-0.3, -0.25) is 9.59 Å². The lowest BCUT2D eigenvalue weighted by molar-refractivity contribution is 0.0908. The summed E-state index contributed by atoms with van der Waals surface area (Å²) in [7, 11) is 0. The van der Waals surface area contributed by atoms with Crippen molar-refractivity contribution in [3.05, 3.63) is 106 Å². The number of benzene rings is 3. The second kappa shape index (κ2) is 8.62. The molecule has 0 spiro atoms. The molecule has 0 aliphatic rings. The zero-order chi connectivity index (χ0) is 19.2. The number of hydrogen-bond donors (Lipinski definition) is 2. The van der Waals surface area contributed by atoms with E-state index in [1.165, 1.54) is 0 Å². The SMILES string of the molecule is O=C(NCC(O)c1ccccc1)c1ccccc1C(=O)c1ccc(Cl)cc1. The van der Waals surface area contributed by atoms with Gasteiger partial charge >= 0.3 is 0 Å². The summed E-state index contributed by atoms with van der Waals surface area (Å²) in [5.41, 5.74) is 1.72. The molecule has 0 aliphatic heterocycles. The van der Waals surface area contributed by atoms with Gasteiger partial charge in [0, 0.05) is 22.7 Å². The molecule has 0 radical (unpaired) electrons. The molecule has 3 rings (SSSR count). The Kier molecular flexibility index (Phi) is 6.01. The van der Waals surface area contributed by atoms with E-state index in [1.807, 2.05) is 18.2 Å². The summed E-state index contributed by atoms with van der Waals surface area (Å²) < 4.78 is 0. The van der Waals surface area contributed by atoms with Crippen molar-refractivity contribution in [3.63, 3.8) is 0 Å². The minimum atomic E-state index is -0.825. The van der Waals surface area contributed by atoms with Crippen LogP contribution in [0.2, 0.25) is 5.02 Å². The fourth-order valence-electron chi connectivity index (χ4n) is 2.71. The van der Waals surface area contributed by atoms with Crippen molar-refractivity contribution in [1.82, 2.24) is 5.32 Å². The highest BCUT2D eigenvalue weighted by atomic mass is 35.5. The highest BCUT2D eigenvalue weighted by molar-refractivity contribution is 6.30. The van der Waals surface area contributed by atoms with Gasteiger partial charge in [-0.05, 0) is 35.9 Å². The first kappa shape index (κ1) is 18.8. The Balaban J connectivity index is 1.76. The van der Waals surface area contributed by atoms with Crippen LogP contribution in [0.1, 0.15) is 37.9 Å². The van der Waals surface area contributed by atoms with Crippen LogP contribution >= 0.6 is 11.6 Å². The van der Waals surface area contributed by atoms with E-state index in [0.29, 0.717) is 21.7 Å². The Morgan fingerprint density at radius 1 is 0.852 bits per heavy atom. The molecule has 27 heavy (non-hydrogen) atoms. The Morgan fingerprint density at radius 3 is 2.11 bits per heavy atom. The number of aliphatic hydroxyl groups excluding tert-OH is 1. The fraction of sp³-hybridized carbons (Fsp3) is 0.0909. The van der Waals surface area contributed by atoms with Gasteiger partial charge in [-0.25, -0.2) is 0 Å². The Bertz CT molecular complexity index is 939. The van der Waals surface area contributed by atoms with Crippen molar-refractivity contribution in [3.8, 4) is 0 Å². The van der Waals surface area contributed by atoms with Crippen LogP contribution in [-0.2, 0) is 0 Å². The van der Waals surface area contributed by atoms with Crippen molar-refractivity contribution < 1.29 is 14.7 Å². The summed E-state index contributed by atoms with van der Waals surface area (Å²) >= 11 is 5.87. The summed E-state index contributed by atoms with van der Waals surface area (Å²) in [5, 5.41) is 13.4. The number of aliphatic hydroxyl groups is 1. The monoisotopic (exact) mass is 379 g/mol. The van der Waals surface area contributed by atoms with Gasteiger partial charge in [-0.15, -0.1) is 0 Å². The molecule has 5 heteroatoms. The van der Waals surface area contributed by atoms with E-state index < -0.39 is 12.0 Å². The first-order chi connectivity index (χ1) is 13.1. The largest absolute Gasteiger partial charge is 0.387 e. The fourth-order valence-corrected chi connectivity index (χ4v) is 2.84. The minimum absolute atomic E-state index is 0.0479. The van der Waals surface area contributed by atoms with E-state index in [2.05, 4.69) is 5.32 Å². The molecule has 0 heterocycles. The lowest BCUT2D eigenvalue weighted by Gasteiger charge is -2.13. The van der Waals surface area contributed by atoms with Gasteiger partial charge < -0.3 is 10.4 Å². The number of hydrogen-bond acceptors (Lipinski definition) is 3. The van der Waals surface area contributed by atoms with Crippen molar-refractivity contribution in [2.75, 3.05) is 6.54 Å². The number of carbonyl (C=O) groups excluding carboxylic acids is 2. The summed E-state index contributed by atoms with van der Waals surface area (Å²) in [6.45, 7) is 0.0479. The van der Waals surface area contributed by atoms with Crippen LogP contribution in [-0.4, -0.2) is 23.3 Å². The lowest BCUT2D eigenvalue weighted by atomic mass is 9.98. The molecule has 3 aromatic rings. The first-order valence-corrected chi connectivity index (χ1v) is 8.84. The molecule has 0 aliphatic carbocycles. The van der Waals surface area contributed by atoms with Gasteiger partial charge in [-0.2, -0.15) is 0 Å². The van der Waals surface area contributed by atoms with Crippen LogP contribution in [0.3, 0.4) is 0 Å². The third kappa shape index (κ3) is 4.61. The maximum absolute atomic E-state index is 12.8. The van der Waals surface area contributed by atoms with Crippen LogP contribution in [0, 0.1) is 0 Å². The van der Waals surface area contributed by atoms with Crippen molar-refractivity contribution >= 4 is 23.3 Å². The van der Waals surface area contributed by atoms with E-state index in [1.54, 1.807) is 60.7 Å². The van der Waals surface area contributed by atoms with Gasteiger partial charge in [0.1, 0.15) is 0 Å². The maximum atomic E-state index is 12.8. The quantitative estimate of drug-likeness (QED) is 0.635. The number of rotatable bonds is 6. The molecule has 0 aromatic heterocycles. The van der Waals surface area contributed by atoms with Gasteiger partial charge in [0.05, 0.1) is 11.7 Å². The minimum Gasteiger partial charge on any atom is -0.387 e. The van der Waals surface area contributed by atoms with Crippen molar-refractivity contribution in [1.29, 1.82) is 0 Å². The van der Waals surface area contributed by atoms with Crippen LogP contribution in [0.25, 0.3) is 0 Å². The Morgan fingerprint density at radius 2 is 1.44 bits per heavy atom. The molecule has 3 aromatic carbocycles. The molecule has 1 atom stereocenters. The molecule has 0 bridgehead atoms. The normalized spacial score (nSPS) is 11.6. The lowest BCUT2D eigenvalue weighted by Crippen LogP contribution is -2.29. The van der Waals surface area contributed by atoms with Crippen LogP contribution in [0.5, 0.6) is 0 Å². The molecule has 0 fully saturated rings. The summed E-state index contributed by atoms with van der Waals surface area (Å²) in [6, 6.07) is 22.2. The number of carbonyl (C=O) groups is 2. The molecule has 4 nitrogen and oxygen atoms in total. The van der Waals surface area contributed by atoms with Crippen LogP contribution in [0.15, 0.2) is 78.9 Å². The third-order valence-electron chi connectivity index (χ3n) is 4.16. The third-order valence-corrected chi connectivity index (χ3v) is 4.42. The van der Waals surface area contributed by atoms with Gasteiger partial charge in [0.25, 0.3) is 5.91 Å². The summed E-state index contributed by atoms with van der Waals surface area (Å²) in [5.74, 6) is -0.677. The van der Waals surface area contributed by atoms with Crippen molar-refractivity contribution in [2.24, 2.45) is 0 Å². The van der Waals surface area contributed by atoms with E-state index in [4.69, 9.17) is 11.6 Å². The number of ketones is 1. The number of nitrogens with one attached hydrogen (secondary N) is 1. The zero-order valence-corrected chi connectivity index (χ0v) is 15.2. The van der Waals surface area contributed by atoms with Gasteiger partial charge in [-0.1, -0.05) is 60.1 Å². The molecular formula is C22H18ClNO3. The predicted octanol–water partition coefficient (Wildman–Crippen LogP) is 4.03. The van der Waals surface area contributed by atoms with Gasteiger partial charge in [0.2, 0.25) is 0 Å². The predicted molar refractivity (Wildman–Crippen MR) is 105 cm³/mol. The molecular weight excluding hydrogens is 362 g/mol. The number of amides is 1. The standard InChI is InChI=1S/C22H18ClNO3/c23-17-12-10-16(11-13-17)21(26)18-8-4-5-9-19(18)22(27)24-14-20(25)15-6-2-1-3-7-15/h1-13,20,25H,14H2,(H,24,27). The van der Waals surface area contributed by atoms with Crippen molar-refractivity contribution in [2.45, 2.75) is 6.10 Å². The van der Waals surface area contributed by atoms with Crippen LogP contribution < -0.4 is 5.32 Å². The second-order valence-corrected chi connectivity index (χ2v) is 6.45. The second-order valence-electron chi connectivity index (χ2n) is 6.02. The maximum Gasteiger partial charge on any atom is 0.252 e. The molecule has 1 amide bonds. The smallest absolute Gasteiger partial charge is 0.252 e. The number of halogens is 1. The zero-order valence-electron chi connectivity index (χ0n) is 14.4. The summed E-state index contributed by atoms with van der Waals surface area (Å²) in [6.07, 6.45) is -0.825. The topological polar surface area (TPSA) is 66.4 Å². The van der Waals surface area contributed by atoms with E-state index in [9.17, 15) is 14.7 Å². The average Bonchev–Trinajstić information content (AvgIpc) is 2.72. The van der Waals surface area contributed by atoms with Crippen LogP contribution in [0.4, 0.5) is 0 Å². The molecule has 2 N–H and O–H groups in total. The van der Waals surface area contributed by atoms with E-state index in [-0.39, 0.29) is 17.9 Å². The highest BCUT2D eigenvalue weighted by Crippen LogP contribution is 2.17. The average molecular weight is 380 g/mol. The van der Waals surface area contributed by atoms with E-state index in [0.717, 1.165) is 0 Å². The Hall–Kier alpha value is -2.95. The van der Waals surface area contributed by atoms with E-state index >= 15 is 0 Å². The molecule has 1 unspecified atom stereocenters. The summed E-state index contributed by atoms with van der Waals surface area (Å²) in [4.78, 5) is 25.4. The first-order valence-electron chi connectivity index (χ1n) is 8.47. The highest BCUT2D eigenvalue weighted by Gasteiger charge is 2.18. The molecule has 0 saturated carbocycles.